The van der Waals surface area contributed by atoms with Crippen LogP contribution in [0.4, 0.5) is 0 Å². The normalized spacial score (nSPS) is 36.6. The second-order valence-corrected chi connectivity index (χ2v) is 7.71. The number of hydrogen-bond donors (Lipinski definition) is 1. The molecule has 22 heavy (non-hydrogen) atoms. The molecular weight excluding hydrogens is 274 g/mol. The Kier molecular flexibility index (Phi) is 3.61. The number of quaternary nitrogens is 1. The van der Waals surface area contributed by atoms with Crippen LogP contribution in [-0.2, 0) is 11.8 Å². The number of fused-ring (bicyclic) bond motifs is 4. The molecule has 120 valence electrons. The maximum atomic E-state index is 13.4. The summed E-state index contributed by atoms with van der Waals surface area (Å²) in [6, 6.07) is 5.80. The summed E-state index contributed by atoms with van der Waals surface area (Å²) in [6.45, 7) is 9.87. The molecule has 3 rings (SSSR count). The molecule has 2 bridgehead atoms. The van der Waals surface area contributed by atoms with Gasteiger partial charge in [-0.3, -0.25) is 0 Å². The number of benzene rings is 1. The molecule has 4 atom stereocenters. The van der Waals surface area contributed by atoms with Crippen molar-refractivity contribution in [1.29, 1.82) is 0 Å². The molecule has 0 amide bonds. The summed E-state index contributed by atoms with van der Waals surface area (Å²) in [5.74, 6) is 0.669. The SMILES string of the molecule is CC(C)=CC[N+]1([O-])CC[C@@]2(C)c3cc(O)ccc3C[C@@H]1[C@@H]2C. The molecular formula is C19H27NO2. The summed E-state index contributed by atoms with van der Waals surface area (Å²) in [5, 5.41) is 23.3. The summed E-state index contributed by atoms with van der Waals surface area (Å²) < 4.78 is -0.0950. The second-order valence-electron chi connectivity index (χ2n) is 7.71. The van der Waals surface area contributed by atoms with Crippen LogP contribution < -0.4 is 0 Å². The number of likely N-dealkylation sites (tertiary alicyclic amines) is 1. The quantitative estimate of drug-likeness (QED) is 0.511. The molecule has 0 saturated carbocycles. The maximum absolute atomic E-state index is 13.4. The Balaban J connectivity index is 2.02. The van der Waals surface area contributed by atoms with Gasteiger partial charge in [-0.05, 0) is 43.2 Å². The smallest absolute Gasteiger partial charge is 0.115 e. The third-order valence-corrected chi connectivity index (χ3v) is 6.14. The summed E-state index contributed by atoms with van der Waals surface area (Å²) in [7, 11) is 0. The zero-order valence-electron chi connectivity index (χ0n) is 14.1. The van der Waals surface area contributed by atoms with Crippen molar-refractivity contribution < 1.29 is 9.75 Å². The van der Waals surface area contributed by atoms with E-state index in [2.05, 4.69) is 33.8 Å². The van der Waals surface area contributed by atoms with Crippen molar-refractivity contribution in [2.45, 2.75) is 52.0 Å². The van der Waals surface area contributed by atoms with Crippen LogP contribution in [0, 0.1) is 11.1 Å². The van der Waals surface area contributed by atoms with E-state index in [9.17, 15) is 10.3 Å². The van der Waals surface area contributed by atoms with Gasteiger partial charge in [0.25, 0.3) is 0 Å². The Morgan fingerprint density at radius 2 is 2.18 bits per heavy atom. The van der Waals surface area contributed by atoms with E-state index in [1.54, 1.807) is 6.07 Å². The molecule has 0 spiro atoms. The average molecular weight is 301 g/mol. The maximum Gasteiger partial charge on any atom is 0.115 e. The third-order valence-electron chi connectivity index (χ3n) is 6.14. The fraction of sp³-hybridized carbons (Fsp3) is 0.579. The summed E-state index contributed by atoms with van der Waals surface area (Å²) >= 11 is 0. The minimum Gasteiger partial charge on any atom is -0.632 e. The molecule has 1 N–H and O–H groups in total. The van der Waals surface area contributed by atoms with E-state index in [1.165, 1.54) is 16.7 Å². The Morgan fingerprint density at radius 3 is 2.86 bits per heavy atom. The number of rotatable bonds is 2. The summed E-state index contributed by atoms with van der Waals surface area (Å²) in [6.07, 6.45) is 3.81. The van der Waals surface area contributed by atoms with E-state index in [0.29, 0.717) is 24.8 Å². The number of allylic oxidation sites excluding steroid dienone is 1. The standard InChI is InChI=1S/C19H27NO2/c1-13(2)7-9-20(22)10-8-19(4)14(3)18(20)11-15-5-6-16(21)12-17(15)19/h5-7,12,14,18,21H,8-11H2,1-4H3/t14-,18+,19+,20?/m0/s1. The van der Waals surface area contributed by atoms with Crippen molar-refractivity contribution in [2.24, 2.45) is 5.92 Å². The van der Waals surface area contributed by atoms with Crippen LogP contribution in [0.15, 0.2) is 29.8 Å². The van der Waals surface area contributed by atoms with Gasteiger partial charge in [-0.15, -0.1) is 0 Å². The molecule has 1 aromatic rings. The molecule has 3 nitrogen and oxygen atoms in total. The lowest BCUT2D eigenvalue weighted by Gasteiger charge is -2.61. The number of hydrogen-bond acceptors (Lipinski definition) is 2. The van der Waals surface area contributed by atoms with Gasteiger partial charge in [0.1, 0.15) is 5.75 Å². The number of aromatic hydroxyl groups is 1. The van der Waals surface area contributed by atoms with Gasteiger partial charge in [0.05, 0.1) is 19.1 Å². The minimum absolute atomic E-state index is 0.00806. The fourth-order valence-corrected chi connectivity index (χ4v) is 4.43. The van der Waals surface area contributed by atoms with Gasteiger partial charge in [-0.1, -0.05) is 25.5 Å². The second kappa shape index (κ2) is 5.10. The molecule has 1 fully saturated rings. The lowest BCUT2D eigenvalue weighted by Crippen LogP contribution is -2.65. The number of nitrogens with zero attached hydrogens (tertiary/aromatic N) is 1. The molecule has 1 aromatic carbocycles. The average Bonchev–Trinajstić information content (AvgIpc) is 2.46. The van der Waals surface area contributed by atoms with E-state index >= 15 is 0 Å². The molecule has 1 aliphatic heterocycles. The first-order chi connectivity index (χ1) is 10.3. The topological polar surface area (TPSA) is 43.3 Å². The van der Waals surface area contributed by atoms with E-state index in [1.807, 2.05) is 12.1 Å². The zero-order chi connectivity index (χ0) is 16.1. The summed E-state index contributed by atoms with van der Waals surface area (Å²) in [5.41, 5.74) is 3.73. The van der Waals surface area contributed by atoms with E-state index in [-0.39, 0.29) is 16.1 Å². The first kappa shape index (κ1) is 15.6. The van der Waals surface area contributed by atoms with Crippen molar-refractivity contribution in [1.82, 2.24) is 0 Å². The van der Waals surface area contributed by atoms with Crippen LogP contribution in [-0.4, -0.2) is 28.9 Å². The highest BCUT2D eigenvalue weighted by molar-refractivity contribution is 5.43. The molecule has 1 saturated heterocycles. The van der Waals surface area contributed by atoms with Gasteiger partial charge in [0, 0.05) is 24.2 Å². The number of phenols is 1. The van der Waals surface area contributed by atoms with Gasteiger partial charge in [0.2, 0.25) is 0 Å². The molecule has 1 aliphatic carbocycles. The predicted octanol–water partition coefficient (Wildman–Crippen LogP) is 3.90. The van der Waals surface area contributed by atoms with Gasteiger partial charge in [0.15, 0.2) is 0 Å². The van der Waals surface area contributed by atoms with Crippen LogP contribution in [0.3, 0.4) is 0 Å². The Hall–Kier alpha value is -1.32. The largest absolute Gasteiger partial charge is 0.632 e. The highest BCUT2D eigenvalue weighted by Crippen LogP contribution is 2.51. The van der Waals surface area contributed by atoms with Crippen LogP contribution in [0.5, 0.6) is 5.75 Å². The van der Waals surface area contributed by atoms with Crippen LogP contribution in [0.25, 0.3) is 0 Å². The molecule has 1 heterocycles. The molecule has 0 radical (unpaired) electrons. The molecule has 1 unspecified atom stereocenters. The lowest BCUT2D eigenvalue weighted by molar-refractivity contribution is -0.911. The van der Waals surface area contributed by atoms with E-state index < -0.39 is 0 Å². The van der Waals surface area contributed by atoms with Gasteiger partial charge < -0.3 is 15.0 Å². The van der Waals surface area contributed by atoms with Gasteiger partial charge >= 0.3 is 0 Å². The van der Waals surface area contributed by atoms with Crippen LogP contribution in [0.1, 0.15) is 45.2 Å². The van der Waals surface area contributed by atoms with Crippen molar-refractivity contribution in [2.75, 3.05) is 13.1 Å². The van der Waals surface area contributed by atoms with Crippen molar-refractivity contribution in [3.63, 3.8) is 0 Å². The first-order valence-electron chi connectivity index (χ1n) is 8.30. The van der Waals surface area contributed by atoms with Crippen molar-refractivity contribution in [3.05, 3.63) is 46.2 Å². The van der Waals surface area contributed by atoms with Crippen molar-refractivity contribution in [3.8, 4) is 5.75 Å². The predicted molar refractivity (Wildman–Crippen MR) is 89.5 cm³/mol. The molecule has 3 heteroatoms. The highest BCUT2D eigenvalue weighted by atomic mass is 16.5. The van der Waals surface area contributed by atoms with E-state index in [4.69, 9.17) is 0 Å². The van der Waals surface area contributed by atoms with Gasteiger partial charge in [-0.25, -0.2) is 0 Å². The van der Waals surface area contributed by atoms with Crippen LogP contribution in [0.2, 0.25) is 0 Å². The van der Waals surface area contributed by atoms with Gasteiger partial charge in [-0.2, -0.15) is 0 Å². The Morgan fingerprint density at radius 1 is 1.45 bits per heavy atom. The molecule has 0 aromatic heterocycles. The Bertz CT molecular complexity index is 620. The Labute approximate surface area is 133 Å². The minimum atomic E-state index is -0.0950. The van der Waals surface area contributed by atoms with Crippen molar-refractivity contribution >= 4 is 0 Å². The lowest BCUT2D eigenvalue weighted by atomic mass is 9.59. The molecule has 2 aliphatic rings. The number of hydroxylamine groups is 3. The highest BCUT2D eigenvalue weighted by Gasteiger charge is 2.53. The first-order valence-corrected chi connectivity index (χ1v) is 8.30. The van der Waals surface area contributed by atoms with E-state index in [0.717, 1.165) is 12.8 Å². The number of phenolic OH excluding ortho intramolecular Hbond substituents is 1. The summed E-state index contributed by atoms with van der Waals surface area (Å²) in [4.78, 5) is 0. The third kappa shape index (κ3) is 2.27. The van der Waals surface area contributed by atoms with Crippen LogP contribution >= 0.6 is 0 Å². The zero-order valence-corrected chi connectivity index (χ0v) is 14.1. The fourth-order valence-electron chi connectivity index (χ4n) is 4.43. The number of piperidine rings is 1. The monoisotopic (exact) mass is 301 g/mol.